The summed E-state index contributed by atoms with van der Waals surface area (Å²) in [6.45, 7) is 1.78. The van der Waals surface area contributed by atoms with Crippen molar-refractivity contribution in [1.82, 2.24) is 0 Å². The van der Waals surface area contributed by atoms with Gasteiger partial charge in [0.25, 0.3) is 0 Å². The molecule has 0 atom stereocenters. The Morgan fingerprint density at radius 2 is 2.15 bits per heavy atom. The van der Waals surface area contributed by atoms with E-state index in [0.717, 1.165) is 30.4 Å². The van der Waals surface area contributed by atoms with Crippen LogP contribution < -0.4 is 4.74 Å². The highest BCUT2D eigenvalue weighted by Crippen LogP contribution is 2.29. The molecule has 0 heterocycles. The van der Waals surface area contributed by atoms with Gasteiger partial charge in [0.2, 0.25) is 0 Å². The Kier molecular flexibility index (Phi) is 4.65. The van der Waals surface area contributed by atoms with E-state index in [0.29, 0.717) is 11.5 Å². The van der Waals surface area contributed by atoms with E-state index in [2.05, 4.69) is 5.16 Å². The molecule has 110 valence electrons. The zero-order valence-electron chi connectivity index (χ0n) is 11.5. The molecule has 0 saturated heterocycles. The molecule has 1 aliphatic rings. The average Bonchev–Trinajstić information content (AvgIpc) is 2.46. The number of hydrogen-bond donors (Lipinski definition) is 1. The third-order valence-corrected chi connectivity index (χ3v) is 5.17. The van der Waals surface area contributed by atoms with E-state index >= 15 is 0 Å². The molecule has 0 fully saturated rings. The number of hydrogen-bond acceptors (Lipinski definition) is 5. The van der Waals surface area contributed by atoms with Crippen LogP contribution in [0.1, 0.15) is 30.9 Å². The molecule has 0 radical (unpaired) electrons. The summed E-state index contributed by atoms with van der Waals surface area (Å²) in [5.74, 6) is 0.841. The largest absolute Gasteiger partial charge is 0.492 e. The molecule has 0 unspecified atom stereocenters. The normalized spacial score (nSPS) is 16.9. The molecule has 1 aliphatic carbocycles. The van der Waals surface area contributed by atoms with Gasteiger partial charge in [-0.1, -0.05) is 24.2 Å². The lowest BCUT2D eigenvalue weighted by Crippen LogP contribution is -2.18. The van der Waals surface area contributed by atoms with Gasteiger partial charge < -0.3 is 9.94 Å². The fraction of sp³-hybridized carbons (Fsp3) is 0.500. The lowest BCUT2D eigenvalue weighted by molar-refractivity contribution is 0.317. The van der Waals surface area contributed by atoms with Crippen LogP contribution in [0, 0.1) is 0 Å². The van der Waals surface area contributed by atoms with E-state index in [-0.39, 0.29) is 18.1 Å². The highest BCUT2D eigenvalue weighted by Gasteiger charge is 2.19. The quantitative estimate of drug-likeness (QED) is 0.666. The van der Waals surface area contributed by atoms with E-state index in [9.17, 15) is 8.42 Å². The summed E-state index contributed by atoms with van der Waals surface area (Å²) in [5.41, 5.74) is 2.56. The Morgan fingerprint density at radius 3 is 2.85 bits per heavy atom. The highest BCUT2D eigenvalue weighted by atomic mass is 32.2. The maximum absolute atomic E-state index is 11.4. The molecule has 20 heavy (non-hydrogen) atoms. The number of rotatable bonds is 5. The molecular weight excluding hydrogens is 278 g/mol. The Morgan fingerprint density at radius 1 is 1.35 bits per heavy atom. The van der Waals surface area contributed by atoms with Crippen LogP contribution in [0.15, 0.2) is 23.4 Å². The number of nitrogens with zero attached hydrogens (tertiary/aromatic N) is 1. The number of benzene rings is 1. The molecule has 0 aliphatic heterocycles. The van der Waals surface area contributed by atoms with Crippen LogP contribution in [0.4, 0.5) is 0 Å². The Bertz CT molecular complexity index is 608. The molecule has 0 bridgehead atoms. The van der Waals surface area contributed by atoms with Crippen LogP contribution in [0.2, 0.25) is 0 Å². The molecule has 2 rings (SSSR count). The first kappa shape index (κ1) is 14.8. The Balaban J connectivity index is 2.14. The van der Waals surface area contributed by atoms with E-state index in [1.54, 1.807) is 6.92 Å². The van der Waals surface area contributed by atoms with Gasteiger partial charge in [-0.25, -0.2) is 8.42 Å². The zero-order valence-corrected chi connectivity index (χ0v) is 12.3. The second-order valence-corrected chi connectivity index (χ2v) is 7.24. The maximum atomic E-state index is 11.4. The number of sulfone groups is 1. The van der Waals surface area contributed by atoms with Crippen molar-refractivity contribution in [2.45, 2.75) is 26.2 Å². The smallest absolute Gasteiger partial charge is 0.153 e. The van der Waals surface area contributed by atoms with Gasteiger partial charge in [0.15, 0.2) is 9.84 Å². The van der Waals surface area contributed by atoms with Crippen LogP contribution in [-0.2, 0) is 16.3 Å². The van der Waals surface area contributed by atoms with Crippen LogP contribution in [0.5, 0.6) is 5.75 Å². The van der Waals surface area contributed by atoms with E-state index < -0.39 is 9.84 Å². The minimum absolute atomic E-state index is 0.0219. The summed E-state index contributed by atoms with van der Waals surface area (Å²) in [5, 5.41) is 12.3. The van der Waals surface area contributed by atoms with Crippen molar-refractivity contribution in [2.24, 2.45) is 5.16 Å². The molecule has 1 N–H and O–H groups in total. The van der Waals surface area contributed by atoms with Crippen molar-refractivity contribution in [3.05, 3.63) is 29.3 Å². The molecule has 1 aromatic rings. The predicted octanol–water partition coefficient (Wildman–Crippen LogP) is 2.01. The predicted molar refractivity (Wildman–Crippen MR) is 77.5 cm³/mol. The van der Waals surface area contributed by atoms with Crippen molar-refractivity contribution in [1.29, 1.82) is 0 Å². The summed E-state index contributed by atoms with van der Waals surface area (Å²) in [7, 11) is -3.02. The number of ether oxygens (including phenoxy) is 1. The van der Waals surface area contributed by atoms with E-state index in [4.69, 9.17) is 9.94 Å². The third-order valence-electron chi connectivity index (χ3n) is 3.50. The molecule has 0 aromatic heterocycles. The minimum Gasteiger partial charge on any atom is -0.492 e. The summed E-state index contributed by atoms with van der Waals surface area (Å²) in [6.07, 6.45) is 2.50. The molecule has 6 heteroatoms. The SMILES string of the molecule is CCS(=O)(=O)CCOc1cccc2c1CCCC2=NO. The molecule has 0 saturated carbocycles. The Hall–Kier alpha value is -1.56. The second kappa shape index (κ2) is 6.26. The zero-order chi connectivity index (χ0) is 14.6. The van der Waals surface area contributed by atoms with Gasteiger partial charge in [-0.05, 0) is 25.3 Å². The average molecular weight is 297 g/mol. The Labute approximate surface area is 119 Å². The standard InChI is InChI=1S/C14H19NO4S/c1-2-20(17,18)10-9-19-14-8-4-5-11-12(14)6-3-7-13(11)15-16/h4-5,8,16H,2-3,6-7,9-10H2,1H3. The fourth-order valence-corrected chi connectivity index (χ4v) is 2.95. The molecule has 5 nitrogen and oxygen atoms in total. The third kappa shape index (κ3) is 3.30. The highest BCUT2D eigenvalue weighted by molar-refractivity contribution is 7.91. The van der Waals surface area contributed by atoms with Gasteiger partial charge in [0.05, 0.1) is 11.5 Å². The molecule has 0 amide bonds. The monoisotopic (exact) mass is 297 g/mol. The van der Waals surface area contributed by atoms with Gasteiger partial charge in [0.1, 0.15) is 12.4 Å². The second-order valence-electron chi connectivity index (χ2n) is 4.77. The lowest BCUT2D eigenvalue weighted by Gasteiger charge is -2.20. The minimum atomic E-state index is -3.02. The van der Waals surface area contributed by atoms with Crippen molar-refractivity contribution < 1.29 is 18.4 Å². The van der Waals surface area contributed by atoms with Gasteiger partial charge in [0, 0.05) is 16.9 Å². The first-order valence-electron chi connectivity index (χ1n) is 6.74. The summed E-state index contributed by atoms with van der Waals surface area (Å²) in [6, 6.07) is 5.57. The van der Waals surface area contributed by atoms with Crippen molar-refractivity contribution in [2.75, 3.05) is 18.1 Å². The maximum Gasteiger partial charge on any atom is 0.153 e. The van der Waals surface area contributed by atoms with Crippen molar-refractivity contribution in [3.63, 3.8) is 0 Å². The summed E-state index contributed by atoms with van der Waals surface area (Å²) >= 11 is 0. The van der Waals surface area contributed by atoms with Gasteiger partial charge in [-0.2, -0.15) is 0 Å². The van der Waals surface area contributed by atoms with Crippen LogP contribution in [0.3, 0.4) is 0 Å². The summed E-state index contributed by atoms with van der Waals surface area (Å²) < 4.78 is 28.5. The van der Waals surface area contributed by atoms with Gasteiger partial charge in [-0.15, -0.1) is 0 Å². The molecule has 1 aromatic carbocycles. The first-order valence-corrected chi connectivity index (χ1v) is 8.56. The van der Waals surface area contributed by atoms with Crippen LogP contribution in [-0.4, -0.2) is 37.4 Å². The van der Waals surface area contributed by atoms with Crippen LogP contribution in [0.25, 0.3) is 0 Å². The molecular formula is C14H19NO4S. The van der Waals surface area contributed by atoms with Gasteiger partial charge >= 0.3 is 0 Å². The van der Waals surface area contributed by atoms with Crippen LogP contribution >= 0.6 is 0 Å². The first-order chi connectivity index (χ1) is 9.57. The van der Waals surface area contributed by atoms with E-state index in [1.807, 2.05) is 18.2 Å². The summed E-state index contributed by atoms with van der Waals surface area (Å²) in [4.78, 5) is 0. The van der Waals surface area contributed by atoms with Crippen molar-refractivity contribution >= 4 is 15.5 Å². The lowest BCUT2D eigenvalue weighted by atomic mass is 9.89. The van der Waals surface area contributed by atoms with E-state index in [1.165, 1.54) is 0 Å². The number of fused-ring (bicyclic) bond motifs is 1. The topological polar surface area (TPSA) is 76.0 Å². The van der Waals surface area contributed by atoms with Crippen molar-refractivity contribution in [3.8, 4) is 5.75 Å². The molecule has 0 spiro atoms. The fourth-order valence-electron chi connectivity index (χ4n) is 2.32. The number of oxime groups is 1. The van der Waals surface area contributed by atoms with Gasteiger partial charge in [-0.3, -0.25) is 0 Å².